The first-order valence-electron chi connectivity index (χ1n) is 6.30. The molecule has 0 bridgehead atoms. The molecule has 1 fully saturated rings. The van der Waals surface area contributed by atoms with Crippen molar-refractivity contribution in [3.05, 3.63) is 34.9 Å². The normalized spacial score (nSPS) is 14.7. The summed E-state index contributed by atoms with van der Waals surface area (Å²) in [6, 6.07) is 5.59. The second-order valence-corrected chi connectivity index (χ2v) is 4.41. The Labute approximate surface area is 113 Å². The smallest absolute Gasteiger partial charge is 0.255 e. The highest BCUT2D eigenvalue weighted by molar-refractivity contribution is 5.97. The van der Waals surface area contributed by atoms with Gasteiger partial charge in [-0.15, -0.1) is 0 Å². The van der Waals surface area contributed by atoms with E-state index in [0.29, 0.717) is 37.4 Å². The lowest BCUT2D eigenvalue weighted by molar-refractivity contribution is 0.0302. The second-order valence-electron chi connectivity index (χ2n) is 4.41. The molecule has 1 aromatic carbocycles. The zero-order valence-corrected chi connectivity index (χ0v) is 11.0. The van der Waals surface area contributed by atoms with E-state index >= 15 is 0 Å². The van der Waals surface area contributed by atoms with E-state index in [9.17, 15) is 4.79 Å². The Kier molecular flexibility index (Phi) is 4.56. The minimum absolute atomic E-state index is 0.0192. The molecule has 1 amide bonds. The van der Waals surface area contributed by atoms with Crippen LogP contribution in [-0.4, -0.2) is 48.8 Å². The van der Waals surface area contributed by atoms with Crippen molar-refractivity contribution in [2.24, 2.45) is 0 Å². The standard InChI is InChI=1S/C15H17NO3/c1-12-4-5-13(3-2-8-17)14(11-12)15(18)16-6-9-19-10-7-16/h4-5,11,17H,6-10H2,1H3. The van der Waals surface area contributed by atoms with Crippen LogP contribution < -0.4 is 0 Å². The van der Waals surface area contributed by atoms with E-state index in [1.165, 1.54) is 0 Å². The number of benzene rings is 1. The lowest BCUT2D eigenvalue weighted by atomic mass is 10.0. The number of rotatable bonds is 1. The van der Waals surface area contributed by atoms with Gasteiger partial charge in [0.15, 0.2) is 0 Å². The van der Waals surface area contributed by atoms with E-state index in [4.69, 9.17) is 9.84 Å². The monoisotopic (exact) mass is 259 g/mol. The summed E-state index contributed by atoms with van der Waals surface area (Å²) in [6.07, 6.45) is 0. The summed E-state index contributed by atoms with van der Waals surface area (Å²) in [5, 5.41) is 8.77. The molecular formula is C15H17NO3. The van der Waals surface area contributed by atoms with E-state index in [1.807, 2.05) is 25.1 Å². The van der Waals surface area contributed by atoms with Crippen molar-refractivity contribution in [3.8, 4) is 11.8 Å². The fraction of sp³-hybridized carbons (Fsp3) is 0.400. The third kappa shape index (κ3) is 3.34. The number of ether oxygens (including phenoxy) is 1. The van der Waals surface area contributed by atoms with Crippen molar-refractivity contribution in [2.45, 2.75) is 6.92 Å². The minimum atomic E-state index is -0.209. The maximum atomic E-state index is 12.5. The number of hydrogen-bond donors (Lipinski definition) is 1. The van der Waals surface area contributed by atoms with E-state index in [0.717, 1.165) is 5.56 Å². The molecule has 0 spiro atoms. The predicted molar refractivity (Wildman–Crippen MR) is 71.9 cm³/mol. The maximum absolute atomic E-state index is 12.5. The lowest BCUT2D eigenvalue weighted by Gasteiger charge is -2.27. The third-order valence-corrected chi connectivity index (χ3v) is 3.01. The molecule has 0 saturated carbocycles. The topological polar surface area (TPSA) is 49.8 Å². The van der Waals surface area contributed by atoms with E-state index in [2.05, 4.69) is 11.8 Å². The molecule has 0 atom stereocenters. The molecule has 4 nitrogen and oxygen atoms in total. The Morgan fingerprint density at radius 2 is 2.16 bits per heavy atom. The van der Waals surface area contributed by atoms with Gasteiger partial charge in [0.2, 0.25) is 0 Å². The number of morpholine rings is 1. The number of hydrogen-bond acceptors (Lipinski definition) is 3. The summed E-state index contributed by atoms with van der Waals surface area (Å²) in [5.74, 6) is 5.40. The molecule has 0 unspecified atom stereocenters. The third-order valence-electron chi connectivity index (χ3n) is 3.01. The molecule has 4 heteroatoms. The van der Waals surface area contributed by atoms with Gasteiger partial charge in [-0.3, -0.25) is 4.79 Å². The predicted octanol–water partition coefficient (Wildman–Crippen LogP) is 0.811. The molecular weight excluding hydrogens is 242 g/mol. The molecule has 1 aliphatic heterocycles. The fourth-order valence-electron chi connectivity index (χ4n) is 2.02. The number of aliphatic hydroxyl groups excluding tert-OH is 1. The summed E-state index contributed by atoms with van der Waals surface area (Å²) < 4.78 is 5.25. The van der Waals surface area contributed by atoms with E-state index < -0.39 is 0 Å². The molecule has 1 N–H and O–H groups in total. The van der Waals surface area contributed by atoms with Crippen LogP contribution in [0.25, 0.3) is 0 Å². The number of nitrogens with zero attached hydrogens (tertiary/aromatic N) is 1. The molecule has 0 radical (unpaired) electrons. The Bertz CT molecular complexity index is 522. The summed E-state index contributed by atoms with van der Waals surface area (Å²) >= 11 is 0. The van der Waals surface area contributed by atoms with Crippen LogP contribution in [0.1, 0.15) is 21.5 Å². The van der Waals surface area contributed by atoms with Crippen molar-refractivity contribution >= 4 is 5.91 Å². The number of amides is 1. The van der Waals surface area contributed by atoms with Crippen LogP contribution in [0.5, 0.6) is 0 Å². The molecule has 1 saturated heterocycles. The highest BCUT2D eigenvalue weighted by atomic mass is 16.5. The quantitative estimate of drug-likeness (QED) is 0.759. The highest BCUT2D eigenvalue weighted by Gasteiger charge is 2.20. The highest BCUT2D eigenvalue weighted by Crippen LogP contribution is 2.14. The zero-order chi connectivity index (χ0) is 13.7. The molecule has 19 heavy (non-hydrogen) atoms. The second kappa shape index (κ2) is 6.37. The van der Waals surface area contributed by atoms with Crippen LogP contribution in [0.2, 0.25) is 0 Å². The van der Waals surface area contributed by atoms with Gasteiger partial charge in [0.1, 0.15) is 6.61 Å². The molecule has 2 rings (SSSR count). The largest absolute Gasteiger partial charge is 0.384 e. The molecule has 1 aliphatic rings. The lowest BCUT2D eigenvalue weighted by Crippen LogP contribution is -2.41. The minimum Gasteiger partial charge on any atom is -0.384 e. The van der Waals surface area contributed by atoms with Crippen molar-refractivity contribution in [1.29, 1.82) is 0 Å². The number of aryl methyl sites for hydroxylation is 1. The molecule has 1 heterocycles. The SMILES string of the molecule is Cc1ccc(C#CCO)c(C(=O)N2CCOCC2)c1. The summed E-state index contributed by atoms with van der Waals surface area (Å²) in [7, 11) is 0. The van der Waals surface area contributed by atoms with Crippen LogP contribution in [0.4, 0.5) is 0 Å². The van der Waals surface area contributed by atoms with Crippen LogP contribution in [0.3, 0.4) is 0 Å². The maximum Gasteiger partial charge on any atom is 0.255 e. The average molecular weight is 259 g/mol. The summed E-state index contributed by atoms with van der Waals surface area (Å²) in [6.45, 7) is 4.11. The summed E-state index contributed by atoms with van der Waals surface area (Å²) in [5.41, 5.74) is 2.28. The number of carbonyl (C=O) groups excluding carboxylic acids is 1. The van der Waals surface area contributed by atoms with Crippen molar-refractivity contribution in [2.75, 3.05) is 32.9 Å². The molecule has 0 aromatic heterocycles. The van der Waals surface area contributed by atoms with Gasteiger partial charge >= 0.3 is 0 Å². The number of carbonyl (C=O) groups is 1. The van der Waals surface area contributed by atoms with Crippen LogP contribution >= 0.6 is 0 Å². The van der Waals surface area contributed by atoms with Gasteiger partial charge in [-0.25, -0.2) is 0 Å². The van der Waals surface area contributed by atoms with Crippen LogP contribution in [0, 0.1) is 18.8 Å². The Morgan fingerprint density at radius 1 is 1.42 bits per heavy atom. The Balaban J connectivity index is 2.30. The van der Waals surface area contributed by atoms with Gasteiger partial charge in [0.05, 0.1) is 18.8 Å². The number of aliphatic hydroxyl groups is 1. The van der Waals surface area contributed by atoms with E-state index in [1.54, 1.807) is 4.90 Å². The summed E-state index contributed by atoms with van der Waals surface area (Å²) in [4.78, 5) is 14.3. The van der Waals surface area contributed by atoms with E-state index in [-0.39, 0.29) is 12.5 Å². The molecule has 100 valence electrons. The first-order chi connectivity index (χ1) is 9.22. The van der Waals surface area contributed by atoms with Gasteiger partial charge in [0, 0.05) is 18.7 Å². The van der Waals surface area contributed by atoms with Gasteiger partial charge in [-0.2, -0.15) is 0 Å². The van der Waals surface area contributed by atoms with Gasteiger partial charge in [0.25, 0.3) is 5.91 Å². The van der Waals surface area contributed by atoms with Crippen molar-refractivity contribution in [1.82, 2.24) is 4.90 Å². The van der Waals surface area contributed by atoms with Gasteiger partial charge < -0.3 is 14.7 Å². The van der Waals surface area contributed by atoms with Gasteiger partial charge in [-0.05, 0) is 19.1 Å². The van der Waals surface area contributed by atoms with Gasteiger partial charge in [-0.1, -0.05) is 23.5 Å². The van der Waals surface area contributed by atoms with Crippen molar-refractivity contribution in [3.63, 3.8) is 0 Å². The average Bonchev–Trinajstić information content (AvgIpc) is 2.46. The van der Waals surface area contributed by atoms with Crippen LogP contribution in [0.15, 0.2) is 18.2 Å². The molecule has 0 aliphatic carbocycles. The Hall–Kier alpha value is -1.83. The zero-order valence-electron chi connectivity index (χ0n) is 11.0. The first kappa shape index (κ1) is 13.6. The molecule has 1 aromatic rings. The fourth-order valence-corrected chi connectivity index (χ4v) is 2.02. The first-order valence-corrected chi connectivity index (χ1v) is 6.30. The van der Waals surface area contributed by atoms with Crippen molar-refractivity contribution < 1.29 is 14.6 Å². The Morgan fingerprint density at radius 3 is 2.84 bits per heavy atom. The van der Waals surface area contributed by atoms with Crippen LogP contribution in [-0.2, 0) is 4.74 Å².